The Kier molecular flexibility index (Phi) is 3.22. The Morgan fingerprint density at radius 1 is 1.48 bits per heavy atom. The van der Waals surface area contributed by atoms with Gasteiger partial charge >= 0.3 is 0 Å². The van der Waals surface area contributed by atoms with Crippen LogP contribution in [0.4, 0.5) is 0 Å². The molecule has 1 N–H and O–H groups in total. The van der Waals surface area contributed by atoms with Gasteiger partial charge in [0, 0.05) is 36.3 Å². The van der Waals surface area contributed by atoms with Crippen molar-refractivity contribution in [2.45, 2.75) is 31.7 Å². The summed E-state index contributed by atoms with van der Waals surface area (Å²) in [6.07, 6.45) is 7.12. The van der Waals surface area contributed by atoms with Crippen LogP contribution in [0.2, 0.25) is 0 Å². The number of benzene rings is 1. The van der Waals surface area contributed by atoms with Crippen molar-refractivity contribution in [1.82, 2.24) is 14.9 Å². The van der Waals surface area contributed by atoms with E-state index in [2.05, 4.69) is 17.2 Å². The molecule has 2 heterocycles. The molecule has 0 unspecified atom stereocenters. The maximum atomic E-state index is 12.6. The van der Waals surface area contributed by atoms with Crippen molar-refractivity contribution >= 4 is 16.9 Å². The van der Waals surface area contributed by atoms with E-state index >= 15 is 0 Å². The average molecular weight is 309 g/mol. The number of aryl methyl sites for hydroxylation is 2. The maximum Gasteiger partial charge on any atom is 0.255 e. The molecule has 5 nitrogen and oxygen atoms in total. The summed E-state index contributed by atoms with van der Waals surface area (Å²) < 4.78 is 7.53. The molecule has 0 spiro atoms. The zero-order valence-corrected chi connectivity index (χ0v) is 13.2. The molecule has 4 rings (SSSR count). The number of carbonyl (C=O) groups is 1. The predicted molar refractivity (Wildman–Crippen MR) is 87.4 cm³/mol. The van der Waals surface area contributed by atoms with Gasteiger partial charge in [0.25, 0.3) is 5.91 Å². The van der Waals surface area contributed by atoms with Crippen LogP contribution in [0.3, 0.4) is 0 Å². The molecule has 1 aliphatic carbocycles. The number of rotatable bonds is 4. The van der Waals surface area contributed by atoms with Gasteiger partial charge in [-0.3, -0.25) is 4.79 Å². The summed E-state index contributed by atoms with van der Waals surface area (Å²) >= 11 is 0. The maximum absolute atomic E-state index is 12.6. The average Bonchev–Trinajstić information content (AvgIpc) is 2.97. The van der Waals surface area contributed by atoms with Crippen LogP contribution in [0.1, 0.15) is 40.9 Å². The summed E-state index contributed by atoms with van der Waals surface area (Å²) in [5, 5.41) is 4.00. The lowest BCUT2D eigenvalue weighted by Crippen LogP contribution is -2.26. The molecule has 0 bridgehead atoms. The van der Waals surface area contributed by atoms with Crippen molar-refractivity contribution in [2.75, 3.05) is 0 Å². The number of carbonyl (C=O) groups excluding carboxylic acids is 1. The van der Waals surface area contributed by atoms with E-state index in [1.807, 2.05) is 36.0 Å². The van der Waals surface area contributed by atoms with Crippen LogP contribution in [-0.4, -0.2) is 21.5 Å². The highest BCUT2D eigenvalue weighted by molar-refractivity contribution is 6.06. The second-order valence-corrected chi connectivity index (χ2v) is 6.19. The fraction of sp³-hybridized carbons (Fsp3) is 0.333. The first-order valence-electron chi connectivity index (χ1n) is 7.94. The van der Waals surface area contributed by atoms with Crippen molar-refractivity contribution in [3.8, 4) is 0 Å². The molecule has 0 saturated heterocycles. The monoisotopic (exact) mass is 309 g/mol. The van der Waals surface area contributed by atoms with Gasteiger partial charge in [-0.05, 0) is 30.5 Å². The molecular formula is C18H19N3O2. The normalized spacial score (nSPS) is 19.9. The van der Waals surface area contributed by atoms with Crippen molar-refractivity contribution in [3.63, 3.8) is 0 Å². The molecule has 23 heavy (non-hydrogen) atoms. The molecule has 1 amide bonds. The summed E-state index contributed by atoms with van der Waals surface area (Å²) in [7, 11) is 1.98. The number of aromatic nitrogens is 2. The van der Waals surface area contributed by atoms with Gasteiger partial charge in [-0.15, -0.1) is 0 Å². The molecule has 0 radical (unpaired) electrons. The number of imidazole rings is 1. The Balaban J connectivity index is 1.53. The Morgan fingerprint density at radius 3 is 3.09 bits per heavy atom. The van der Waals surface area contributed by atoms with E-state index < -0.39 is 0 Å². The lowest BCUT2D eigenvalue weighted by Gasteiger charge is -2.04. The van der Waals surface area contributed by atoms with Gasteiger partial charge in [-0.25, -0.2) is 4.98 Å². The van der Waals surface area contributed by atoms with E-state index in [1.165, 1.54) is 11.3 Å². The molecular weight excluding hydrogens is 290 g/mol. The zero-order valence-electron chi connectivity index (χ0n) is 13.2. The van der Waals surface area contributed by atoms with Crippen molar-refractivity contribution in [1.29, 1.82) is 0 Å². The smallest absolute Gasteiger partial charge is 0.255 e. The number of nitrogens with one attached hydrogen (secondary N) is 1. The summed E-state index contributed by atoms with van der Waals surface area (Å²) in [5.74, 6) is 0.294. The van der Waals surface area contributed by atoms with E-state index in [1.54, 1.807) is 12.6 Å². The van der Waals surface area contributed by atoms with Crippen LogP contribution in [-0.2, 0) is 13.5 Å². The number of amides is 1. The lowest BCUT2D eigenvalue weighted by molar-refractivity contribution is 0.0951. The summed E-state index contributed by atoms with van der Waals surface area (Å²) in [4.78, 5) is 16.7. The quantitative estimate of drug-likeness (QED) is 0.806. The van der Waals surface area contributed by atoms with Gasteiger partial charge in [0.1, 0.15) is 11.8 Å². The predicted octanol–water partition coefficient (Wildman–Crippen LogP) is 3.01. The van der Waals surface area contributed by atoms with Crippen molar-refractivity contribution < 1.29 is 9.21 Å². The van der Waals surface area contributed by atoms with Gasteiger partial charge in [0.05, 0.1) is 11.9 Å². The Labute approximate surface area is 134 Å². The van der Waals surface area contributed by atoms with E-state index in [0.29, 0.717) is 11.5 Å². The van der Waals surface area contributed by atoms with Gasteiger partial charge in [0.2, 0.25) is 0 Å². The summed E-state index contributed by atoms with van der Waals surface area (Å²) in [5.41, 5.74) is 3.74. The minimum atomic E-state index is -0.0633. The molecule has 1 aliphatic rings. The highest BCUT2D eigenvalue weighted by Crippen LogP contribution is 2.40. The third-order valence-corrected chi connectivity index (χ3v) is 4.63. The second kappa shape index (κ2) is 5.26. The van der Waals surface area contributed by atoms with Crippen LogP contribution < -0.4 is 5.32 Å². The first kappa shape index (κ1) is 14.1. The fourth-order valence-corrected chi connectivity index (χ4v) is 3.12. The Hall–Kier alpha value is -2.56. The molecule has 118 valence electrons. The fourth-order valence-electron chi connectivity index (χ4n) is 3.12. The number of nitrogens with zero attached hydrogens (tertiary/aromatic N) is 2. The van der Waals surface area contributed by atoms with E-state index in [4.69, 9.17) is 4.42 Å². The molecule has 3 aromatic rings. The van der Waals surface area contributed by atoms with Crippen molar-refractivity contribution in [2.24, 2.45) is 7.05 Å². The van der Waals surface area contributed by atoms with E-state index in [-0.39, 0.29) is 11.9 Å². The van der Waals surface area contributed by atoms with Crippen LogP contribution in [0, 0.1) is 0 Å². The number of fused-ring (bicyclic) bond motifs is 1. The number of furan rings is 1. The zero-order chi connectivity index (χ0) is 16.0. The molecule has 1 fully saturated rings. The van der Waals surface area contributed by atoms with Gasteiger partial charge in [0.15, 0.2) is 0 Å². The van der Waals surface area contributed by atoms with Gasteiger partial charge < -0.3 is 14.3 Å². The Morgan fingerprint density at radius 2 is 2.35 bits per heavy atom. The third-order valence-electron chi connectivity index (χ3n) is 4.63. The molecule has 5 heteroatoms. The SMILES string of the molecule is CCc1ccc2occ(C(=O)N[C@@H]3C[C@H]3c3cncn3C)c2c1. The first-order valence-corrected chi connectivity index (χ1v) is 7.94. The number of hydrogen-bond donors (Lipinski definition) is 1. The highest BCUT2D eigenvalue weighted by atomic mass is 16.3. The second-order valence-electron chi connectivity index (χ2n) is 6.19. The molecule has 2 aromatic heterocycles. The van der Waals surface area contributed by atoms with E-state index in [0.717, 1.165) is 23.8 Å². The topological polar surface area (TPSA) is 60.1 Å². The van der Waals surface area contributed by atoms with Crippen LogP contribution >= 0.6 is 0 Å². The van der Waals surface area contributed by atoms with Crippen LogP contribution in [0.5, 0.6) is 0 Å². The van der Waals surface area contributed by atoms with Crippen LogP contribution in [0.15, 0.2) is 41.4 Å². The minimum Gasteiger partial charge on any atom is -0.463 e. The third kappa shape index (κ3) is 2.42. The molecule has 2 atom stereocenters. The first-order chi connectivity index (χ1) is 11.2. The Bertz CT molecular complexity index is 877. The largest absolute Gasteiger partial charge is 0.463 e. The minimum absolute atomic E-state index is 0.0633. The van der Waals surface area contributed by atoms with Gasteiger partial charge in [-0.2, -0.15) is 0 Å². The standard InChI is InChI=1S/C18H19N3O2/c1-3-11-4-5-17-12(6-11)14(9-23-17)18(22)20-15-7-13(15)16-8-19-10-21(16)2/h4-6,8-10,13,15H,3,7H2,1-2H3,(H,20,22)/t13-,15-/m1/s1. The number of hydrogen-bond acceptors (Lipinski definition) is 3. The summed E-state index contributed by atoms with van der Waals surface area (Å²) in [6, 6.07) is 6.18. The van der Waals surface area contributed by atoms with Gasteiger partial charge in [-0.1, -0.05) is 13.0 Å². The van der Waals surface area contributed by atoms with E-state index in [9.17, 15) is 4.79 Å². The molecule has 1 aromatic carbocycles. The summed E-state index contributed by atoms with van der Waals surface area (Å²) in [6.45, 7) is 2.10. The van der Waals surface area contributed by atoms with Crippen molar-refractivity contribution in [3.05, 3.63) is 53.8 Å². The van der Waals surface area contributed by atoms with Crippen LogP contribution in [0.25, 0.3) is 11.0 Å². The molecule has 1 saturated carbocycles. The highest BCUT2D eigenvalue weighted by Gasteiger charge is 2.41. The lowest BCUT2D eigenvalue weighted by atomic mass is 10.1. The molecule has 0 aliphatic heterocycles.